The molecule has 27 heavy (non-hydrogen) atoms. The van der Waals surface area contributed by atoms with E-state index >= 15 is 0 Å². The molecular weight excluding hydrogens is 330 g/mol. The van der Waals surface area contributed by atoms with E-state index < -0.39 is 0 Å². The van der Waals surface area contributed by atoms with E-state index in [0.717, 1.165) is 18.6 Å². The lowest BCUT2D eigenvalue weighted by Crippen LogP contribution is -2.25. The van der Waals surface area contributed by atoms with Crippen molar-refractivity contribution in [1.29, 1.82) is 0 Å². The first-order valence-electron chi connectivity index (χ1n) is 10.1. The van der Waals surface area contributed by atoms with Gasteiger partial charge in [0.1, 0.15) is 0 Å². The van der Waals surface area contributed by atoms with Crippen molar-refractivity contribution in [3.05, 3.63) is 60.8 Å². The van der Waals surface area contributed by atoms with Gasteiger partial charge in [0.05, 0.1) is 5.52 Å². The van der Waals surface area contributed by atoms with E-state index in [1.807, 2.05) is 6.20 Å². The van der Waals surface area contributed by atoms with E-state index in [1.165, 1.54) is 41.6 Å². The van der Waals surface area contributed by atoms with Crippen LogP contribution in [0.2, 0.25) is 0 Å². The van der Waals surface area contributed by atoms with E-state index in [-0.39, 0.29) is 0 Å². The smallest absolute Gasteiger partial charge is 0.0723 e. The molecule has 1 atom stereocenters. The molecule has 0 radical (unpaired) electrons. The number of anilines is 1. The summed E-state index contributed by atoms with van der Waals surface area (Å²) in [5.74, 6) is 0. The number of rotatable bonds is 9. The molecule has 1 heterocycles. The van der Waals surface area contributed by atoms with Gasteiger partial charge in [-0.3, -0.25) is 4.98 Å². The van der Waals surface area contributed by atoms with Crippen molar-refractivity contribution in [2.75, 3.05) is 25.0 Å². The molecule has 0 bridgehead atoms. The molecule has 3 rings (SSSR count). The van der Waals surface area contributed by atoms with Gasteiger partial charge >= 0.3 is 0 Å². The fourth-order valence-electron chi connectivity index (χ4n) is 3.58. The Labute approximate surface area is 163 Å². The third-order valence-corrected chi connectivity index (χ3v) is 5.26. The maximum absolute atomic E-state index is 4.54. The first kappa shape index (κ1) is 19.4. The standard InChI is InChI=1S/C24H31N3/c1-4-27(5-2)17-9-10-19(3)26-24-15-16-25-23-14-13-21(18-22(23)24)20-11-7-6-8-12-20/h6-8,11-16,18-19H,4-5,9-10,17H2,1-3H3,(H,25,26). The lowest BCUT2D eigenvalue weighted by molar-refractivity contribution is 0.295. The molecule has 0 saturated carbocycles. The Morgan fingerprint density at radius 2 is 1.74 bits per heavy atom. The van der Waals surface area contributed by atoms with Crippen molar-refractivity contribution in [3.8, 4) is 11.1 Å². The summed E-state index contributed by atoms with van der Waals surface area (Å²) in [4.78, 5) is 7.03. The Balaban J connectivity index is 1.74. The third kappa shape index (κ3) is 5.08. The van der Waals surface area contributed by atoms with Crippen LogP contribution in [0.15, 0.2) is 60.8 Å². The second-order valence-electron chi connectivity index (χ2n) is 7.17. The summed E-state index contributed by atoms with van der Waals surface area (Å²) in [6.07, 6.45) is 4.28. The highest BCUT2D eigenvalue weighted by Crippen LogP contribution is 2.28. The predicted octanol–water partition coefficient (Wildman–Crippen LogP) is 5.82. The zero-order valence-electron chi connectivity index (χ0n) is 16.8. The SMILES string of the molecule is CCN(CC)CCCC(C)Nc1ccnc2ccc(-c3ccccc3)cc12. The molecule has 1 N–H and O–H groups in total. The predicted molar refractivity (Wildman–Crippen MR) is 117 cm³/mol. The van der Waals surface area contributed by atoms with Crippen molar-refractivity contribution in [2.24, 2.45) is 0 Å². The molecule has 2 aromatic carbocycles. The molecule has 0 amide bonds. The second kappa shape index (κ2) is 9.52. The summed E-state index contributed by atoms with van der Waals surface area (Å²) in [7, 11) is 0. The van der Waals surface area contributed by atoms with E-state index in [1.54, 1.807) is 0 Å². The number of nitrogens with one attached hydrogen (secondary N) is 1. The van der Waals surface area contributed by atoms with Crippen molar-refractivity contribution >= 4 is 16.6 Å². The third-order valence-electron chi connectivity index (χ3n) is 5.26. The molecular formula is C24H31N3. The average Bonchev–Trinajstić information content (AvgIpc) is 2.72. The molecule has 0 spiro atoms. The zero-order chi connectivity index (χ0) is 19.1. The molecule has 0 aliphatic heterocycles. The summed E-state index contributed by atoms with van der Waals surface area (Å²) >= 11 is 0. The summed E-state index contributed by atoms with van der Waals surface area (Å²) in [6, 6.07) is 19.6. The van der Waals surface area contributed by atoms with Crippen molar-refractivity contribution in [2.45, 2.75) is 39.7 Å². The molecule has 0 saturated heterocycles. The first-order chi connectivity index (χ1) is 13.2. The molecule has 0 aliphatic carbocycles. The summed E-state index contributed by atoms with van der Waals surface area (Å²) in [5.41, 5.74) is 4.68. The van der Waals surface area contributed by atoms with Crippen molar-refractivity contribution < 1.29 is 0 Å². The fourth-order valence-corrected chi connectivity index (χ4v) is 3.58. The minimum absolute atomic E-state index is 0.437. The van der Waals surface area contributed by atoms with Gasteiger partial charge < -0.3 is 10.2 Å². The van der Waals surface area contributed by atoms with E-state index in [9.17, 15) is 0 Å². The highest BCUT2D eigenvalue weighted by molar-refractivity contribution is 5.94. The second-order valence-corrected chi connectivity index (χ2v) is 7.17. The number of fused-ring (bicyclic) bond motifs is 1. The Morgan fingerprint density at radius 3 is 2.48 bits per heavy atom. The summed E-state index contributed by atoms with van der Waals surface area (Å²) < 4.78 is 0. The summed E-state index contributed by atoms with van der Waals surface area (Å²) in [5, 5.41) is 4.90. The van der Waals surface area contributed by atoms with Gasteiger partial charge in [-0.25, -0.2) is 0 Å². The number of pyridine rings is 1. The number of benzene rings is 2. The highest BCUT2D eigenvalue weighted by atomic mass is 15.1. The van der Waals surface area contributed by atoms with Gasteiger partial charge in [-0.1, -0.05) is 50.2 Å². The van der Waals surface area contributed by atoms with Gasteiger partial charge in [0.15, 0.2) is 0 Å². The van der Waals surface area contributed by atoms with Gasteiger partial charge in [-0.05, 0) is 68.7 Å². The van der Waals surface area contributed by atoms with Crippen molar-refractivity contribution in [1.82, 2.24) is 9.88 Å². The van der Waals surface area contributed by atoms with Crippen LogP contribution in [0.3, 0.4) is 0 Å². The molecule has 0 aliphatic rings. The molecule has 3 aromatic rings. The van der Waals surface area contributed by atoms with Crippen LogP contribution in [0, 0.1) is 0 Å². The monoisotopic (exact) mass is 361 g/mol. The largest absolute Gasteiger partial charge is 0.382 e. The minimum atomic E-state index is 0.437. The number of aromatic nitrogens is 1. The lowest BCUT2D eigenvalue weighted by atomic mass is 10.0. The maximum atomic E-state index is 4.54. The van der Waals surface area contributed by atoms with Crippen LogP contribution in [0.5, 0.6) is 0 Å². The molecule has 1 aromatic heterocycles. The van der Waals surface area contributed by atoms with E-state index in [0.29, 0.717) is 6.04 Å². The van der Waals surface area contributed by atoms with Gasteiger partial charge in [0.2, 0.25) is 0 Å². The van der Waals surface area contributed by atoms with Crippen LogP contribution in [0.25, 0.3) is 22.0 Å². The normalized spacial score (nSPS) is 12.4. The van der Waals surface area contributed by atoms with Gasteiger partial charge in [-0.2, -0.15) is 0 Å². The molecule has 1 unspecified atom stereocenters. The highest BCUT2D eigenvalue weighted by Gasteiger charge is 2.08. The van der Waals surface area contributed by atoms with Crippen LogP contribution in [-0.2, 0) is 0 Å². The average molecular weight is 362 g/mol. The quantitative estimate of drug-likeness (QED) is 0.520. The van der Waals surface area contributed by atoms with Crippen LogP contribution < -0.4 is 5.32 Å². The van der Waals surface area contributed by atoms with Crippen molar-refractivity contribution in [3.63, 3.8) is 0 Å². The zero-order valence-corrected chi connectivity index (χ0v) is 16.8. The molecule has 3 nitrogen and oxygen atoms in total. The summed E-state index contributed by atoms with van der Waals surface area (Å²) in [6.45, 7) is 10.2. The van der Waals surface area contributed by atoms with Crippen LogP contribution in [-0.4, -0.2) is 35.6 Å². The Hall–Kier alpha value is -2.39. The van der Waals surface area contributed by atoms with Crippen LogP contribution in [0.1, 0.15) is 33.6 Å². The number of hydrogen-bond donors (Lipinski definition) is 1. The first-order valence-corrected chi connectivity index (χ1v) is 10.1. The van der Waals surface area contributed by atoms with E-state index in [4.69, 9.17) is 0 Å². The Bertz CT molecular complexity index is 841. The lowest BCUT2D eigenvalue weighted by Gasteiger charge is -2.21. The number of hydrogen-bond acceptors (Lipinski definition) is 3. The van der Waals surface area contributed by atoms with Gasteiger partial charge in [0.25, 0.3) is 0 Å². The van der Waals surface area contributed by atoms with Gasteiger partial charge in [-0.15, -0.1) is 0 Å². The Kier molecular flexibility index (Phi) is 6.83. The fraction of sp³-hybridized carbons (Fsp3) is 0.375. The molecule has 0 fully saturated rings. The van der Waals surface area contributed by atoms with Gasteiger partial charge in [0, 0.05) is 23.3 Å². The van der Waals surface area contributed by atoms with Crippen LogP contribution >= 0.6 is 0 Å². The van der Waals surface area contributed by atoms with E-state index in [2.05, 4.69) is 90.6 Å². The topological polar surface area (TPSA) is 28.2 Å². The molecule has 142 valence electrons. The van der Waals surface area contributed by atoms with Crippen LogP contribution in [0.4, 0.5) is 5.69 Å². The minimum Gasteiger partial charge on any atom is -0.382 e. The molecule has 3 heteroatoms. The maximum Gasteiger partial charge on any atom is 0.0723 e. The Morgan fingerprint density at radius 1 is 0.963 bits per heavy atom. The number of nitrogens with zero attached hydrogens (tertiary/aromatic N) is 2.